The average Bonchev–Trinajstić information content (AvgIpc) is 2.86. The molecular formula is C10H20N2O. The first-order valence-corrected chi connectivity index (χ1v) is 5.36. The largest absolute Gasteiger partial charge is 0.377 e. The van der Waals surface area contributed by atoms with Gasteiger partial charge in [-0.2, -0.15) is 0 Å². The molecule has 3 heteroatoms. The Bertz CT molecular complexity index is 162. The third kappa shape index (κ3) is 2.03. The van der Waals surface area contributed by atoms with Crippen molar-refractivity contribution < 1.29 is 4.74 Å². The lowest BCUT2D eigenvalue weighted by Crippen LogP contribution is -2.47. The highest BCUT2D eigenvalue weighted by Crippen LogP contribution is 2.30. The van der Waals surface area contributed by atoms with Crippen LogP contribution >= 0.6 is 0 Å². The summed E-state index contributed by atoms with van der Waals surface area (Å²) < 4.78 is 5.68. The fraction of sp³-hybridized carbons (Fsp3) is 1.00. The summed E-state index contributed by atoms with van der Waals surface area (Å²) in [6.07, 6.45) is 5.49. The van der Waals surface area contributed by atoms with Gasteiger partial charge in [0.2, 0.25) is 0 Å². The summed E-state index contributed by atoms with van der Waals surface area (Å²) in [7, 11) is 2.19. The molecule has 0 radical (unpaired) electrons. The lowest BCUT2D eigenvalue weighted by Gasteiger charge is -2.31. The predicted molar refractivity (Wildman–Crippen MR) is 52.6 cm³/mol. The molecule has 1 aliphatic carbocycles. The summed E-state index contributed by atoms with van der Waals surface area (Å²) in [5, 5.41) is 0. The van der Waals surface area contributed by atoms with Crippen molar-refractivity contribution in [2.45, 2.75) is 43.9 Å². The molecule has 2 aliphatic rings. The molecule has 0 aromatic rings. The van der Waals surface area contributed by atoms with Gasteiger partial charge in [0, 0.05) is 25.2 Å². The van der Waals surface area contributed by atoms with Crippen LogP contribution in [0.3, 0.4) is 0 Å². The summed E-state index contributed by atoms with van der Waals surface area (Å²) in [6.45, 7) is 1.66. The van der Waals surface area contributed by atoms with Crippen LogP contribution in [0.4, 0.5) is 0 Å². The molecule has 0 aromatic carbocycles. The number of likely N-dealkylation sites (N-methyl/N-ethyl adjacent to an activating group) is 1. The van der Waals surface area contributed by atoms with Crippen LogP contribution in [0.15, 0.2) is 0 Å². The molecule has 2 fully saturated rings. The fourth-order valence-corrected chi connectivity index (χ4v) is 2.24. The van der Waals surface area contributed by atoms with Crippen molar-refractivity contribution in [3.63, 3.8) is 0 Å². The van der Waals surface area contributed by atoms with Gasteiger partial charge in [0.1, 0.15) is 0 Å². The van der Waals surface area contributed by atoms with Crippen molar-refractivity contribution in [3.8, 4) is 0 Å². The van der Waals surface area contributed by atoms with Gasteiger partial charge in [-0.05, 0) is 32.7 Å². The van der Waals surface area contributed by atoms with Gasteiger partial charge in [0.05, 0.1) is 6.10 Å². The minimum absolute atomic E-state index is 0.399. The lowest BCUT2D eigenvalue weighted by molar-refractivity contribution is 0.0345. The van der Waals surface area contributed by atoms with Crippen molar-refractivity contribution >= 4 is 0 Å². The van der Waals surface area contributed by atoms with Crippen molar-refractivity contribution in [1.82, 2.24) is 4.90 Å². The highest BCUT2D eigenvalue weighted by molar-refractivity contribution is 4.91. The Morgan fingerprint density at radius 3 is 2.69 bits per heavy atom. The highest BCUT2D eigenvalue weighted by atomic mass is 16.5. The maximum atomic E-state index is 5.80. The molecule has 2 atom stereocenters. The van der Waals surface area contributed by atoms with Gasteiger partial charge in [-0.3, -0.25) is 4.90 Å². The molecule has 1 saturated heterocycles. The minimum atomic E-state index is 0.399. The average molecular weight is 184 g/mol. The van der Waals surface area contributed by atoms with Gasteiger partial charge in [-0.15, -0.1) is 0 Å². The standard InChI is InChI=1S/C10H20N2O/c1-12(8-4-5-8)9(7-11)10-3-2-6-13-10/h8-10H,2-7,11H2,1H3. The summed E-state index contributed by atoms with van der Waals surface area (Å²) in [5.41, 5.74) is 5.80. The Balaban J connectivity index is 1.90. The molecule has 0 aromatic heterocycles. The van der Waals surface area contributed by atoms with E-state index in [9.17, 15) is 0 Å². The third-order valence-corrected chi connectivity index (χ3v) is 3.28. The molecule has 1 saturated carbocycles. The zero-order valence-corrected chi connectivity index (χ0v) is 8.41. The normalized spacial score (nSPS) is 31.2. The van der Waals surface area contributed by atoms with Crippen LogP contribution in [-0.2, 0) is 4.74 Å². The monoisotopic (exact) mass is 184 g/mol. The molecule has 1 heterocycles. The Morgan fingerprint density at radius 2 is 2.23 bits per heavy atom. The van der Waals surface area contributed by atoms with Crippen LogP contribution in [-0.4, -0.2) is 43.3 Å². The zero-order chi connectivity index (χ0) is 9.26. The van der Waals surface area contributed by atoms with Crippen LogP contribution in [0.25, 0.3) is 0 Å². The van der Waals surface area contributed by atoms with E-state index in [-0.39, 0.29) is 0 Å². The van der Waals surface area contributed by atoms with Gasteiger partial charge in [0.25, 0.3) is 0 Å². The number of hydrogen-bond acceptors (Lipinski definition) is 3. The third-order valence-electron chi connectivity index (χ3n) is 3.28. The summed E-state index contributed by atoms with van der Waals surface area (Å²) in [5.74, 6) is 0. The van der Waals surface area contributed by atoms with Crippen molar-refractivity contribution in [2.75, 3.05) is 20.2 Å². The second kappa shape index (κ2) is 3.95. The molecule has 2 rings (SSSR count). The number of nitrogens with zero attached hydrogens (tertiary/aromatic N) is 1. The van der Waals surface area contributed by atoms with E-state index in [2.05, 4.69) is 11.9 Å². The molecule has 13 heavy (non-hydrogen) atoms. The smallest absolute Gasteiger partial charge is 0.0743 e. The van der Waals surface area contributed by atoms with Gasteiger partial charge in [-0.1, -0.05) is 0 Å². The second-order valence-corrected chi connectivity index (χ2v) is 4.25. The number of nitrogens with two attached hydrogens (primary N) is 1. The van der Waals surface area contributed by atoms with E-state index in [0.717, 1.165) is 19.2 Å². The van der Waals surface area contributed by atoms with E-state index in [1.807, 2.05) is 0 Å². The summed E-state index contributed by atoms with van der Waals surface area (Å²) in [4.78, 5) is 2.43. The van der Waals surface area contributed by atoms with Gasteiger partial charge >= 0.3 is 0 Å². The molecule has 2 N–H and O–H groups in total. The van der Waals surface area contributed by atoms with Gasteiger partial charge < -0.3 is 10.5 Å². The Morgan fingerprint density at radius 1 is 1.46 bits per heavy atom. The molecule has 76 valence electrons. The molecule has 0 spiro atoms. The molecule has 0 bridgehead atoms. The first kappa shape index (κ1) is 9.44. The van der Waals surface area contributed by atoms with Crippen LogP contribution in [0.1, 0.15) is 25.7 Å². The fourth-order valence-electron chi connectivity index (χ4n) is 2.24. The zero-order valence-electron chi connectivity index (χ0n) is 8.41. The van der Waals surface area contributed by atoms with Crippen LogP contribution in [0, 0.1) is 0 Å². The van der Waals surface area contributed by atoms with Crippen LogP contribution in [0.5, 0.6) is 0 Å². The van der Waals surface area contributed by atoms with Crippen molar-refractivity contribution in [1.29, 1.82) is 0 Å². The topological polar surface area (TPSA) is 38.5 Å². The van der Waals surface area contributed by atoms with Gasteiger partial charge in [0.15, 0.2) is 0 Å². The molecule has 0 amide bonds. The first-order chi connectivity index (χ1) is 6.33. The quantitative estimate of drug-likeness (QED) is 0.695. The summed E-state index contributed by atoms with van der Waals surface area (Å²) in [6, 6.07) is 1.24. The first-order valence-electron chi connectivity index (χ1n) is 5.36. The van der Waals surface area contributed by atoms with E-state index in [4.69, 9.17) is 10.5 Å². The minimum Gasteiger partial charge on any atom is -0.377 e. The molecule has 1 aliphatic heterocycles. The SMILES string of the molecule is CN(C1CC1)C(CN)C1CCCO1. The van der Waals surface area contributed by atoms with E-state index < -0.39 is 0 Å². The van der Waals surface area contributed by atoms with Crippen molar-refractivity contribution in [2.24, 2.45) is 5.73 Å². The number of rotatable bonds is 4. The Hall–Kier alpha value is -0.120. The second-order valence-electron chi connectivity index (χ2n) is 4.25. The number of ether oxygens (including phenoxy) is 1. The maximum Gasteiger partial charge on any atom is 0.0743 e. The summed E-state index contributed by atoms with van der Waals surface area (Å²) >= 11 is 0. The van der Waals surface area contributed by atoms with E-state index in [1.165, 1.54) is 25.7 Å². The van der Waals surface area contributed by atoms with Crippen LogP contribution < -0.4 is 5.73 Å². The van der Waals surface area contributed by atoms with Crippen molar-refractivity contribution in [3.05, 3.63) is 0 Å². The van der Waals surface area contributed by atoms with E-state index in [1.54, 1.807) is 0 Å². The molecule has 2 unspecified atom stereocenters. The Kier molecular flexibility index (Phi) is 2.86. The number of hydrogen-bond donors (Lipinski definition) is 1. The Labute approximate surface area is 80.2 Å². The van der Waals surface area contributed by atoms with Crippen LogP contribution in [0.2, 0.25) is 0 Å². The highest BCUT2D eigenvalue weighted by Gasteiger charge is 2.35. The lowest BCUT2D eigenvalue weighted by atomic mass is 10.1. The van der Waals surface area contributed by atoms with E-state index in [0.29, 0.717) is 12.1 Å². The molecule has 3 nitrogen and oxygen atoms in total. The molecular weight excluding hydrogens is 164 g/mol. The van der Waals surface area contributed by atoms with E-state index >= 15 is 0 Å². The van der Waals surface area contributed by atoms with Gasteiger partial charge in [-0.25, -0.2) is 0 Å². The predicted octanol–water partition coefficient (Wildman–Crippen LogP) is 0.587. The maximum absolute atomic E-state index is 5.80.